The van der Waals surface area contributed by atoms with Gasteiger partial charge in [0.05, 0.1) is 5.75 Å². The molecule has 2 nitrogen and oxygen atoms in total. The van der Waals surface area contributed by atoms with E-state index in [1.165, 1.54) is 0 Å². The molecule has 0 aromatic rings. The van der Waals surface area contributed by atoms with Crippen molar-refractivity contribution in [3.63, 3.8) is 0 Å². The highest BCUT2D eigenvalue weighted by Crippen LogP contribution is 2.29. The average molecular weight is 241 g/mol. The molecule has 0 saturated heterocycles. The lowest BCUT2D eigenvalue weighted by Gasteiger charge is -2.26. The zero-order valence-corrected chi connectivity index (χ0v) is 10.9. The van der Waals surface area contributed by atoms with Crippen molar-refractivity contribution in [3.8, 4) is 0 Å². The highest BCUT2D eigenvalue weighted by molar-refractivity contribution is 7.91. The summed E-state index contributed by atoms with van der Waals surface area (Å²) in [5.41, 5.74) is -0.0153. The molecule has 0 aromatic heterocycles. The van der Waals surface area contributed by atoms with E-state index in [0.29, 0.717) is 12.3 Å². The molecule has 0 aliphatic heterocycles. The lowest BCUT2D eigenvalue weighted by Crippen LogP contribution is -2.23. The molecule has 0 aliphatic rings. The molecule has 0 fully saturated rings. The van der Waals surface area contributed by atoms with Crippen LogP contribution in [-0.4, -0.2) is 25.8 Å². The van der Waals surface area contributed by atoms with Crippen LogP contribution in [0.5, 0.6) is 0 Å². The van der Waals surface area contributed by atoms with Crippen molar-refractivity contribution in [2.24, 2.45) is 5.41 Å². The second kappa shape index (κ2) is 5.96. The summed E-state index contributed by atoms with van der Waals surface area (Å²) in [7, 11) is -2.84. The smallest absolute Gasteiger partial charge is 0.150 e. The summed E-state index contributed by atoms with van der Waals surface area (Å²) >= 11 is 5.86. The van der Waals surface area contributed by atoms with Crippen LogP contribution >= 0.6 is 11.6 Å². The molecular weight excluding hydrogens is 220 g/mol. The van der Waals surface area contributed by atoms with Crippen molar-refractivity contribution in [2.45, 2.75) is 40.0 Å². The Labute approximate surface area is 93.0 Å². The average Bonchev–Trinajstić information content (AvgIpc) is 2.16. The molecule has 0 aliphatic carbocycles. The van der Waals surface area contributed by atoms with Crippen molar-refractivity contribution < 1.29 is 8.42 Å². The SMILES string of the molecule is CCCC(C)(CCl)CCS(=O)(=O)CC. The first-order valence-corrected chi connectivity index (χ1v) is 7.51. The summed E-state index contributed by atoms with van der Waals surface area (Å²) in [5.74, 6) is 1.05. The van der Waals surface area contributed by atoms with Gasteiger partial charge in [0.2, 0.25) is 0 Å². The summed E-state index contributed by atoms with van der Waals surface area (Å²) < 4.78 is 22.6. The summed E-state index contributed by atoms with van der Waals surface area (Å²) in [5, 5.41) is 0. The van der Waals surface area contributed by atoms with E-state index in [0.717, 1.165) is 12.8 Å². The highest BCUT2D eigenvalue weighted by Gasteiger charge is 2.24. The molecule has 0 N–H and O–H groups in total. The van der Waals surface area contributed by atoms with Gasteiger partial charge >= 0.3 is 0 Å². The van der Waals surface area contributed by atoms with Gasteiger partial charge in [-0.05, 0) is 18.3 Å². The standard InChI is InChI=1S/C10H21ClO2S/c1-4-6-10(3,9-11)7-8-14(12,13)5-2/h4-9H2,1-3H3. The van der Waals surface area contributed by atoms with E-state index in [2.05, 4.69) is 13.8 Å². The third kappa shape index (κ3) is 5.20. The van der Waals surface area contributed by atoms with Gasteiger partial charge in [-0.1, -0.05) is 27.2 Å². The maximum atomic E-state index is 11.3. The minimum absolute atomic E-state index is 0.0153. The largest absolute Gasteiger partial charge is 0.229 e. The molecule has 1 atom stereocenters. The van der Waals surface area contributed by atoms with Crippen LogP contribution in [0.2, 0.25) is 0 Å². The van der Waals surface area contributed by atoms with E-state index in [1.54, 1.807) is 6.92 Å². The van der Waals surface area contributed by atoms with Crippen molar-refractivity contribution in [1.29, 1.82) is 0 Å². The number of rotatable bonds is 7. The van der Waals surface area contributed by atoms with E-state index < -0.39 is 9.84 Å². The molecular formula is C10H21ClO2S. The summed E-state index contributed by atoms with van der Waals surface area (Å²) in [6.45, 7) is 5.85. The molecule has 14 heavy (non-hydrogen) atoms. The lowest BCUT2D eigenvalue weighted by molar-refractivity contribution is 0.325. The van der Waals surface area contributed by atoms with E-state index in [-0.39, 0.29) is 16.9 Å². The molecule has 4 heteroatoms. The van der Waals surface area contributed by atoms with Gasteiger partial charge in [0.1, 0.15) is 9.84 Å². The van der Waals surface area contributed by atoms with Crippen LogP contribution in [0.4, 0.5) is 0 Å². The Morgan fingerprint density at radius 2 is 1.79 bits per heavy atom. The number of alkyl halides is 1. The minimum Gasteiger partial charge on any atom is -0.229 e. The van der Waals surface area contributed by atoms with Gasteiger partial charge in [-0.3, -0.25) is 0 Å². The Hall–Kier alpha value is 0.240. The fourth-order valence-corrected chi connectivity index (χ4v) is 2.77. The Morgan fingerprint density at radius 3 is 2.14 bits per heavy atom. The molecule has 86 valence electrons. The van der Waals surface area contributed by atoms with Gasteiger partial charge in [0.25, 0.3) is 0 Å². The highest BCUT2D eigenvalue weighted by atomic mass is 35.5. The minimum atomic E-state index is -2.84. The van der Waals surface area contributed by atoms with Crippen LogP contribution in [-0.2, 0) is 9.84 Å². The zero-order valence-electron chi connectivity index (χ0n) is 9.35. The second-order valence-electron chi connectivity index (χ2n) is 4.18. The van der Waals surface area contributed by atoms with Gasteiger partial charge in [-0.2, -0.15) is 0 Å². The fraction of sp³-hybridized carbons (Fsp3) is 1.00. The second-order valence-corrected chi connectivity index (χ2v) is 6.92. The topological polar surface area (TPSA) is 34.1 Å². The summed E-state index contributed by atoms with van der Waals surface area (Å²) in [4.78, 5) is 0. The molecule has 0 spiro atoms. The van der Waals surface area contributed by atoms with Gasteiger partial charge in [0, 0.05) is 11.6 Å². The molecule has 0 amide bonds. The maximum absolute atomic E-state index is 11.3. The molecule has 0 rings (SSSR count). The van der Waals surface area contributed by atoms with Gasteiger partial charge in [-0.25, -0.2) is 8.42 Å². The van der Waals surface area contributed by atoms with Crippen molar-refractivity contribution in [3.05, 3.63) is 0 Å². The van der Waals surface area contributed by atoms with E-state index in [1.807, 2.05) is 0 Å². The van der Waals surface area contributed by atoms with Crippen molar-refractivity contribution in [2.75, 3.05) is 17.4 Å². The third-order valence-electron chi connectivity index (χ3n) is 2.63. The van der Waals surface area contributed by atoms with E-state index in [4.69, 9.17) is 11.6 Å². The van der Waals surface area contributed by atoms with Crippen molar-refractivity contribution >= 4 is 21.4 Å². The van der Waals surface area contributed by atoms with Gasteiger partial charge < -0.3 is 0 Å². The zero-order chi connectivity index (χ0) is 11.2. The predicted octanol–water partition coefficient (Wildman–Crippen LogP) is 2.86. The Morgan fingerprint density at radius 1 is 1.21 bits per heavy atom. The first-order valence-electron chi connectivity index (χ1n) is 5.15. The number of sulfone groups is 1. The Bertz CT molecular complexity index is 249. The molecule has 1 unspecified atom stereocenters. The van der Waals surface area contributed by atoms with Crippen LogP contribution in [0, 0.1) is 5.41 Å². The summed E-state index contributed by atoms with van der Waals surface area (Å²) in [6.07, 6.45) is 2.73. The quantitative estimate of drug-likeness (QED) is 0.642. The van der Waals surface area contributed by atoms with Crippen LogP contribution in [0.15, 0.2) is 0 Å². The molecule has 0 aromatic carbocycles. The van der Waals surface area contributed by atoms with Gasteiger partial charge in [0.15, 0.2) is 0 Å². The van der Waals surface area contributed by atoms with Gasteiger partial charge in [-0.15, -0.1) is 11.6 Å². The van der Waals surface area contributed by atoms with E-state index in [9.17, 15) is 8.42 Å². The monoisotopic (exact) mass is 240 g/mol. The normalized spacial score (nSPS) is 16.6. The van der Waals surface area contributed by atoms with Crippen LogP contribution in [0.3, 0.4) is 0 Å². The first-order chi connectivity index (χ1) is 6.39. The van der Waals surface area contributed by atoms with E-state index >= 15 is 0 Å². The van der Waals surface area contributed by atoms with Crippen LogP contribution in [0.25, 0.3) is 0 Å². The summed E-state index contributed by atoms with van der Waals surface area (Å²) in [6, 6.07) is 0. The Kier molecular flexibility index (Phi) is 6.06. The van der Waals surface area contributed by atoms with Crippen LogP contribution in [0.1, 0.15) is 40.0 Å². The first kappa shape index (κ1) is 14.2. The third-order valence-corrected chi connectivity index (χ3v) is 4.98. The number of hydrogen-bond acceptors (Lipinski definition) is 2. The Balaban J connectivity index is 4.21. The fourth-order valence-electron chi connectivity index (χ4n) is 1.41. The number of halogens is 1. The number of hydrogen-bond donors (Lipinski definition) is 0. The molecule has 0 bridgehead atoms. The lowest BCUT2D eigenvalue weighted by atomic mass is 9.85. The predicted molar refractivity (Wildman–Crippen MR) is 62.7 cm³/mol. The molecule has 0 heterocycles. The van der Waals surface area contributed by atoms with Crippen molar-refractivity contribution in [1.82, 2.24) is 0 Å². The van der Waals surface area contributed by atoms with Crippen LogP contribution < -0.4 is 0 Å². The molecule has 0 saturated carbocycles. The maximum Gasteiger partial charge on any atom is 0.150 e. The molecule has 0 radical (unpaired) electrons.